The van der Waals surface area contributed by atoms with Gasteiger partial charge in [-0.25, -0.2) is 0 Å². The summed E-state index contributed by atoms with van der Waals surface area (Å²) in [5.41, 5.74) is 7.00. The first-order valence-corrected chi connectivity index (χ1v) is 4.99. The number of aromatic nitrogens is 1. The lowest BCUT2D eigenvalue weighted by molar-refractivity contribution is -0.139. The molecule has 0 radical (unpaired) electrons. The highest BCUT2D eigenvalue weighted by atomic mass is 16.4. The van der Waals surface area contributed by atoms with Crippen molar-refractivity contribution in [1.29, 1.82) is 0 Å². The van der Waals surface area contributed by atoms with Crippen molar-refractivity contribution < 1.29 is 9.90 Å². The fraction of sp³-hybridized carbons (Fsp3) is 0.455. The highest BCUT2D eigenvalue weighted by Crippen LogP contribution is 2.49. The molecule has 1 atom stereocenters. The van der Waals surface area contributed by atoms with E-state index in [-0.39, 0.29) is 0 Å². The molecule has 80 valence electrons. The van der Waals surface area contributed by atoms with Crippen LogP contribution in [0, 0.1) is 6.92 Å². The smallest absolute Gasteiger partial charge is 0.321 e. The average molecular weight is 206 g/mol. The monoisotopic (exact) mass is 206 g/mol. The predicted octanol–water partition coefficient (Wildman–Crippen LogP) is 0.834. The molecule has 0 aromatic carbocycles. The average Bonchev–Trinajstić information content (AvgIpc) is 2.97. The van der Waals surface area contributed by atoms with Crippen LogP contribution in [0.25, 0.3) is 0 Å². The van der Waals surface area contributed by atoms with Gasteiger partial charge in [-0.1, -0.05) is 6.07 Å². The molecule has 3 N–H and O–H groups in total. The quantitative estimate of drug-likeness (QED) is 0.768. The van der Waals surface area contributed by atoms with Crippen molar-refractivity contribution in [2.45, 2.75) is 31.2 Å². The predicted molar refractivity (Wildman–Crippen MR) is 55.5 cm³/mol. The molecule has 1 unspecified atom stereocenters. The lowest BCUT2D eigenvalue weighted by atomic mass is 9.92. The van der Waals surface area contributed by atoms with Gasteiger partial charge >= 0.3 is 5.97 Å². The Labute approximate surface area is 88.1 Å². The first-order chi connectivity index (χ1) is 7.06. The van der Waals surface area contributed by atoms with E-state index in [0.717, 1.165) is 24.2 Å². The van der Waals surface area contributed by atoms with Crippen molar-refractivity contribution in [1.82, 2.24) is 4.98 Å². The van der Waals surface area contributed by atoms with E-state index in [1.165, 1.54) is 0 Å². The van der Waals surface area contributed by atoms with Crippen molar-refractivity contribution >= 4 is 5.97 Å². The van der Waals surface area contributed by atoms with E-state index >= 15 is 0 Å². The number of pyridine rings is 1. The number of rotatable bonds is 3. The van der Waals surface area contributed by atoms with Crippen molar-refractivity contribution in [2.75, 3.05) is 0 Å². The lowest BCUT2D eigenvalue weighted by Crippen LogP contribution is -2.42. The fourth-order valence-electron chi connectivity index (χ4n) is 1.92. The Morgan fingerprint density at radius 1 is 1.60 bits per heavy atom. The summed E-state index contributed by atoms with van der Waals surface area (Å²) in [5, 5.41) is 8.94. The van der Waals surface area contributed by atoms with Gasteiger partial charge in [-0.2, -0.15) is 0 Å². The van der Waals surface area contributed by atoms with E-state index in [0.29, 0.717) is 0 Å². The fourth-order valence-corrected chi connectivity index (χ4v) is 1.92. The van der Waals surface area contributed by atoms with Gasteiger partial charge in [-0.05, 0) is 31.9 Å². The van der Waals surface area contributed by atoms with Crippen LogP contribution in [-0.2, 0) is 10.2 Å². The maximum atomic E-state index is 10.9. The standard InChI is InChI=1S/C11H14N2O2/c1-7-3-2-4-8(13-7)11(5-6-11)9(12)10(14)15/h2-4,9H,5-6,12H2,1H3,(H,14,15). The zero-order chi connectivity index (χ0) is 11.1. The number of hydrogen-bond acceptors (Lipinski definition) is 3. The van der Waals surface area contributed by atoms with Gasteiger partial charge in [0.15, 0.2) is 0 Å². The molecule has 1 aliphatic carbocycles. The van der Waals surface area contributed by atoms with Crippen LogP contribution in [0.2, 0.25) is 0 Å². The normalized spacial score (nSPS) is 19.6. The Morgan fingerprint density at radius 3 is 2.73 bits per heavy atom. The molecule has 1 fully saturated rings. The van der Waals surface area contributed by atoms with Gasteiger partial charge in [0.25, 0.3) is 0 Å². The lowest BCUT2D eigenvalue weighted by Gasteiger charge is -2.19. The minimum atomic E-state index is -0.948. The summed E-state index contributed by atoms with van der Waals surface area (Å²) in [6, 6.07) is 4.81. The van der Waals surface area contributed by atoms with E-state index in [1.54, 1.807) is 0 Å². The largest absolute Gasteiger partial charge is 0.480 e. The molecule has 1 aromatic rings. The summed E-state index contributed by atoms with van der Waals surface area (Å²) in [5.74, 6) is -0.948. The molecular formula is C11H14N2O2. The number of carboxylic acid groups (broad SMARTS) is 1. The molecule has 1 aromatic heterocycles. The van der Waals surface area contributed by atoms with Gasteiger partial charge in [0.2, 0.25) is 0 Å². The summed E-state index contributed by atoms with van der Waals surface area (Å²) in [6.45, 7) is 1.89. The van der Waals surface area contributed by atoms with E-state index in [1.807, 2.05) is 25.1 Å². The minimum Gasteiger partial charge on any atom is -0.480 e. The summed E-state index contributed by atoms with van der Waals surface area (Å²) >= 11 is 0. The third-order valence-corrected chi connectivity index (χ3v) is 3.05. The maximum absolute atomic E-state index is 10.9. The zero-order valence-corrected chi connectivity index (χ0v) is 8.60. The molecule has 0 saturated heterocycles. The molecule has 4 heteroatoms. The van der Waals surface area contributed by atoms with Crippen LogP contribution in [0.1, 0.15) is 24.2 Å². The Hall–Kier alpha value is -1.42. The first-order valence-electron chi connectivity index (χ1n) is 4.99. The summed E-state index contributed by atoms with van der Waals surface area (Å²) in [7, 11) is 0. The maximum Gasteiger partial charge on any atom is 0.321 e. The summed E-state index contributed by atoms with van der Waals surface area (Å²) < 4.78 is 0. The molecule has 1 aliphatic rings. The molecule has 15 heavy (non-hydrogen) atoms. The van der Waals surface area contributed by atoms with E-state index < -0.39 is 17.4 Å². The number of aliphatic carboxylic acids is 1. The highest BCUT2D eigenvalue weighted by molar-refractivity contribution is 5.76. The summed E-state index contributed by atoms with van der Waals surface area (Å²) in [6.07, 6.45) is 1.63. The van der Waals surface area contributed by atoms with Gasteiger partial charge in [-0.15, -0.1) is 0 Å². The van der Waals surface area contributed by atoms with E-state index in [2.05, 4.69) is 4.98 Å². The Morgan fingerprint density at radius 2 is 2.27 bits per heavy atom. The number of nitrogens with zero attached hydrogens (tertiary/aromatic N) is 1. The first kappa shape index (κ1) is 10.1. The molecule has 4 nitrogen and oxygen atoms in total. The van der Waals surface area contributed by atoms with Crippen molar-refractivity contribution in [3.8, 4) is 0 Å². The third kappa shape index (κ3) is 1.61. The SMILES string of the molecule is Cc1cccc(C2(C(N)C(=O)O)CC2)n1. The molecule has 1 heterocycles. The zero-order valence-electron chi connectivity index (χ0n) is 8.60. The second kappa shape index (κ2) is 3.31. The number of carboxylic acids is 1. The Bertz CT molecular complexity index is 399. The highest BCUT2D eigenvalue weighted by Gasteiger charge is 2.53. The molecular weight excluding hydrogens is 192 g/mol. The van der Waals surface area contributed by atoms with Crippen molar-refractivity contribution in [3.63, 3.8) is 0 Å². The second-order valence-electron chi connectivity index (χ2n) is 4.14. The van der Waals surface area contributed by atoms with Crippen LogP contribution in [0.4, 0.5) is 0 Å². The van der Waals surface area contributed by atoms with Gasteiger partial charge in [0, 0.05) is 16.8 Å². The number of hydrogen-bond donors (Lipinski definition) is 2. The van der Waals surface area contributed by atoms with Gasteiger partial charge in [0.05, 0.1) is 0 Å². The second-order valence-corrected chi connectivity index (χ2v) is 4.14. The van der Waals surface area contributed by atoms with Crippen molar-refractivity contribution in [2.24, 2.45) is 5.73 Å². The third-order valence-electron chi connectivity index (χ3n) is 3.05. The van der Waals surface area contributed by atoms with E-state index in [4.69, 9.17) is 10.8 Å². The molecule has 0 aliphatic heterocycles. The molecule has 0 spiro atoms. The Kier molecular flexibility index (Phi) is 2.23. The van der Waals surface area contributed by atoms with Crippen LogP contribution in [-0.4, -0.2) is 22.1 Å². The molecule has 2 rings (SSSR count). The van der Waals surface area contributed by atoms with E-state index in [9.17, 15) is 4.79 Å². The van der Waals surface area contributed by atoms with Crippen LogP contribution >= 0.6 is 0 Å². The number of nitrogens with two attached hydrogens (primary N) is 1. The van der Waals surface area contributed by atoms with Gasteiger partial charge < -0.3 is 10.8 Å². The van der Waals surface area contributed by atoms with Gasteiger partial charge in [-0.3, -0.25) is 9.78 Å². The van der Waals surface area contributed by atoms with Gasteiger partial charge in [0.1, 0.15) is 6.04 Å². The molecule has 1 saturated carbocycles. The topological polar surface area (TPSA) is 76.2 Å². The molecule has 0 bridgehead atoms. The van der Waals surface area contributed by atoms with Crippen LogP contribution in [0.15, 0.2) is 18.2 Å². The minimum absolute atomic E-state index is 0.419. The number of aryl methyl sites for hydroxylation is 1. The molecule has 0 amide bonds. The Balaban J connectivity index is 2.34. The van der Waals surface area contributed by atoms with Crippen LogP contribution < -0.4 is 5.73 Å². The van der Waals surface area contributed by atoms with Crippen molar-refractivity contribution in [3.05, 3.63) is 29.6 Å². The van der Waals surface area contributed by atoms with Crippen LogP contribution in [0.5, 0.6) is 0 Å². The summed E-state index contributed by atoms with van der Waals surface area (Å²) in [4.78, 5) is 15.3. The number of carbonyl (C=O) groups is 1. The van der Waals surface area contributed by atoms with Crippen LogP contribution in [0.3, 0.4) is 0 Å².